The van der Waals surface area contributed by atoms with E-state index in [2.05, 4.69) is 5.32 Å². The van der Waals surface area contributed by atoms with Crippen molar-refractivity contribution in [1.29, 1.82) is 0 Å². The fourth-order valence-corrected chi connectivity index (χ4v) is 3.10. The average Bonchev–Trinajstić information content (AvgIpc) is 2.93. The smallest absolute Gasteiger partial charge is 0.165 e. The molecule has 0 amide bonds. The summed E-state index contributed by atoms with van der Waals surface area (Å²) in [7, 11) is 5.01. The molecule has 0 saturated carbocycles. The zero-order valence-electron chi connectivity index (χ0n) is 11.8. The second-order valence-electron chi connectivity index (χ2n) is 4.37. The molecular formula is C15H18FNO2S. The van der Waals surface area contributed by atoms with Gasteiger partial charge < -0.3 is 14.8 Å². The number of thiophene rings is 1. The molecule has 3 nitrogen and oxygen atoms in total. The number of hydrogen-bond donors (Lipinski definition) is 1. The number of likely N-dealkylation sites (N-methyl/N-ethyl adjacent to an activating group) is 1. The summed E-state index contributed by atoms with van der Waals surface area (Å²) in [4.78, 5) is 1.12. The third-order valence-corrected chi connectivity index (χ3v) is 4.21. The monoisotopic (exact) mass is 295 g/mol. The second kappa shape index (κ2) is 6.72. The molecule has 5 heteroatoms. The van der Waals surface area contributed by atoms with Crippen molar-refractivity contribution in [2.24, 2.45) is 0 Å². The lowest BCUT2D eigenvalue weighted by molar-refractivity contribution is 0.385. The highest BCUT2D eigenvalue weighted by Gasteiger charge is 2.17. The number of methoxy groups -OCH3 is 2. The Kier molecular flexibility index (Phi) is 4.98. The minimum absolute atomic E-state index is 0.0951. The molecule has 1 N–H and O–H groups in total. The Bertz CT molecular complexity index is 571. The summed E-state index contributed by atoms with van der Waals surface area (Å²) in [6.45, 7) is 0. The first-order valence-electron chi connectivity index (χ1n) is 6.30. The van der Waals surface area contributed by atoms with Gasteiger partial charge in [-0.25, -0.2) is 4.39 Å². The van der Waals surface area contributed by atoms with Gasteiger partial charge in [-0.1, -0.05) is 6.07 Å². The van der Waals surface area contributed by atoms with Crippen LogP contribution in [0.15, 0.2) is 29.6 Å². The fraction of sp³-hybridized carbons (Fsp3) is 0.333. The Morgan fingerprint density at radius 1 is 1.20 bits per heavy atom. The van der Waals surface area contributed by atoms with Crippen LogP contribution >= 0.6 is 11.3 Å². The minimum Gasteiger partial charge on any atom is -0.496 e. The molecule has 0 bridgehead atoms. The largest absolute Gasteiger partial charge is 0.496 e. The van der Waals surface area contributed by atoms with E-state index >= 15 is 0 Å². The van der Waals surface area contributed by atoms with Gasteiger partial charge >= 0.3 is 0 Å². The number of nitrogens with one attached hydrogen (secondary N) is 1. The van der Waals surface area contributed by atoms with E-state index in [0.29, 0.717) is 6.42 Å². The van der Waals surface area contributed by atoms with E-state index in [1.165, 1.54) is 13.2 Å². The van der Waals surface area contributed by atoms with Gasteiger partial charge in [-0.2, -0.15) is 0 Å². The zero-order chi connectivity index (χ0) is 14.5. The summed E-state index contributed by atoms with van der Waals surface area (Å²) >= 11 is 1.63. The predicted octanol–water partition coefficient (Wildman–Crippen LogP) is 3.41. The molecule has 20 heavy (non-hydrogen) atoms. The zero-order valence-corrected chi connectivity index (χ0v) is 12.6. The maximum absolute atomic E-state index is 13.7. The van der Waals surface area contributed by atoms with Crippen LogP contribution in [0.1, 0.15) is 16.5 Å². The second-order valence-corrected chi connectivity index (χ2v) is 5.32. The van der Waals surface area contributed by atoms with Crippen LogP contribution in [0.25, 0.3) is 0 Å². The van der Waals surface area contributed by atoms with E-state index < -0.39 is 0 Å². The van der Waals surface area contributed by atoms with Gasteiger partial charge in [0.1, 0.15) is 5.75 Å². The van der Waals surface area contributed by atoms with Gasteiger partial charge in [-0.05, 0) is 42.6 Å². The van der Waals surface area contributed by atoms with Crippen molar-refractivity contribution in [1.82, 2.24) is 5.32 Å². The molecule has 108 valence electrons. The van der Waals surface area contributed by atoms with Crippen molar-refractivity contribution in [2.45, 2.75) is 12.5 Å². The first-order valence-corrected chi connectivity index (χ1v) is 7.18. The van der Waals surface area contributed by atoms with E-state index in [0.717, 1.165) is 16.2 Å². The number of rotatable bonds is 6. The topological polar surface area (TPSA) is 30.5 Å². The highest BCUT2D eigenvalue weighted by atomic mass is 32.1. The van der Waals surface area contributed by atoms with Gasteiger partial charge in [0, 0.05) is 6.04 Å². The van der Waals surface area contributed by atoms with E-state index in [1.807, 2.05) is 24.6 Å². The maximum Gasteiger partial charge on any atom is 0.165 e. The maximum atomic E-state index is 13.7. The van der Waals surface area contributed by atoms with Crippen molar-refractivity contribution >= 4 is 11.3 Å². The lowest BCUT2D eigenvalue weighted by Crippen LogP contribution is -2.18. The Labute approximate surface area is 122 Å². The quantitative estimate of drug-likeness (QED) is 0.886. The molecule has 1 atom stereocenters. The molecule has 0 spiro atoms. The van der Waals surface area contributed by atoms with Gasteiger partial charge in [-0.15, -0.1) is 11.3 Å². The van der Waals surface area contributed by atoms with Gasteiger partial charge in [0.05, 0.1) is 19.1 Å². The van der Waals surface area contributed by atoms with Crippen LogP contribution in [0.3, 0.4) is 0 Å². The van der Waals surface area contributed by atoms with Crippen LogP contribution in [0.4, 0.5) is 4.39 Å². The molecule has 0 aliphatic rings. The van der Waals surface area contributed by atoms with Gasteiger partial charge in [-0.3, -0.25) is 0 Å². The molecule has 0 aliphatic heterocycles. The van der Waals surface area contributed by atoms with Crippen LogP contribution in [0.2, 0.25) is 0 Å². The molecule has 0 aliphatic carbocycles. The van der Waals surface area contributed by atoms with Crippen molar-refractivity contribution < 1.29 is 13.9 Å². The minimum atomic E-state index is -0.335. The molecule has 1 aromatic heterocycles. The Hall–Kier alpha value is -1.59. The standard InChI is InChI=1S/C15H18FNO2S/c1-17-12(15-14(19-3)6-7-20-15)9-10-4-5-13(18-2)11(16)8-10/h4-8,12,17H,9H2,1-3H3. The van der Waals surface area contributed by atoms with E-state index in [9.17, 15) is 4.39 Å². The highest BCUT2D eigenvalue weighted by molar-refractivity contribution is 7.10. The Morgan fingerprint density at radius 2 is 1.95 bits per heavy atom. The molecule has 2 aromatic rings. The van der Waals surface area contributed by atoms with Crippen LogP contribution in [0, 0.1) is 5.82 Å². The van der Waals surface area contributed by atoms with Gasteiger partial charge in [0.2, 0.25) is 0 Å². The van der Waals surface area contributed by atoms with E-state index in [1.54, 1.807) is 24.5 Å². The number of halogens is 1. The number of hydrogen-bond acceptors (Lipinski definition) is 4. The van der Waals surface area contributed by atoms with Crippen LogP contribution in [0.5, 0.6) is 11.5 Å². The summed E-state index contributed by atoms with van der Waals surface area (Å²) in [6, 6.07) is 7.09. The number of benzene rings is 1. The summed E-state index contributed by atoms with van der Waals surface area (Å²) in [5.74, 6) is 0.796. The number of ether oxygens (including phenoxy) is 2. The van der Waals surface area contributed by atoms with Crippen molar-refractivity contribution in [3.63, 3.8) is 0 Å². The lowest BCUT2D eigenvalue weighted by atomic mass is 10.0. The average molecular weight is 295 g/mol. The summed E-state index contributed by atoms with van der Waals surface area (Å²) in [5.41, 5.74) is 0.915. The van der Waals surface area contributed by atoms with Crippen LogP contribution in [-0.2, 0) is 6.42 Å². The van der Waals surface area contributed by atoms with Crippen molar-refractivity contribution in [2.75, 3.05) is 21.3 Å². The SMILES string of the molecule is CNC(Cc1ccc(OC)c(F)c1)c1sccc1OC. The first kappa shape index (κ1) is 14.8. The lowest BCUT2D eigenvalue weighted by Gasteiger charge is -2.16. The normalized spacial score (nSPS) is 12.2. The van der Waals surface area contributed by atoms with E-state index in [4.69, 9.17) is 9.47 Å². The third kappa shape index (κ3) is 3.11. The summed E-state index contributed by atoms with van der Waals surface area (Å²) < 4.78 is 24.0. The molecule has 2 rings (SSSR count). The van der Waals surface area contributed by atoms with Gasteiger partial charge in [0.25, 0.3) is 0 Å². The molecule has 1 aromatic carbocycles. The highest BCUT2D eigenvalue weighted by Crippen LogP contribution is 2.33. The van der Waals surface area contributed by atoms with Gasteiger partial charge in [0.15, 0.2) is 11.6 Å². The third-order valence-electron chi connectivity index (χ3n) is 3.20. The van der Waals surface area contributed by atoms with Crippen LogP contribution in [-0.4, -0.2) is 21.3 Å². The van der Waals surface area contributed by atoms with Crippen molar-refractivity contribution in [3.8, 4) is 11.5 Å². The van der Waals surface area contributed by atoms with Crippen LogP contribution < -0.4 is 14.8 Å². The summed E-state index contributed by atoms with van der Waals surface area (Å²) in [5, 5.41) is 5.25. The molecule has 1 heterocycles. The molecule has 0 radical (unpaired) electrons. The molecule has 0 saturated heterocycles. The predicted molar refractivity (Wildman–Crippen MR) is 79.3 cm³/mol. The first-order chi connectivity index (χ1) is 9.69. The molecule has 0 fully saturated rings. The summed E-state index contributed by atoms with van der Waals surface area (Å²) in [6.07, 6.45) is 0.689. The van der Waals surface area contributed by atoms with E-state index in [-0.39, 0.29) is 17.6 Å². The molecule has 1 unspecified atom stereocenters. The van der Waals surface area contributed by atoms with Crippen molar-refractivity contribution in [3.05, 3.63) is 45.9 Å². The Balaban J connectivity index is 2.20. The fourth-order valence-electron chi connectivity index (χ4n) is 2.13. The molecular weight excluding hydrogens is 277 g/mol. The Morgan fingerprint density at radius 3 is 2.55 bits per heavy atom.